The first kappa shape index (κ1) is 11.9. The summed E-state index contributed by atoms with van der Waals surface area (Å²) >= 11 is 1.35. The standard InChI is InChI=1S/C8H7N7O2S2/c1-19(16,17)8-12-6(9)15-7(13-8)11-4(14-15)5-10-2-3-18-5/h2-3H,1H3,(H2,9,11,12,13,14). The molecule has 0 fully saturated rings. The fourth-order valence-corrected chi connectivity index (χ4v) is 2.45. The van der Waals surface area contributed by atoms with Crippen molar-refractivity contribution in [1.29, 1.82) is 0 Å². The smallest absolute Gasteiger partial charge is 0.258 e. The van der Waals surface area contributed by atoms with Crippen LogP contribution < -0.4 is 5.73 Å². The molecule has 0 amide bonds. The molecule has 9 nitrogen and oxygen atoms in total. The van der Waals surface area contributed by atoms with Gasteiger partial charge in [0.1, 0.15) is 0 Å². The highest BCUT2D eigenvalue weighted by Gasteiger charge is 2.18. The highest BCUT2D eigenvalue weighted by molar-refractivity contribution is 7.90. The molecule has 0 spiro atoms. The molecule has 3 rings (SSSR count). The number of rotatable bonds is 2. The van der Waals surface area contributed by atoms with Crippen LogP contribution in [0, 0.1) is 0 Å². The Kier molecular flexibility index (Phi) is 2.46. The van der Waals surface area contributed by atoms with Crippen LogP contribution in [0.15, 0.2) is 16.7 Å². The van der Waals surface area contributed by atoms with Crippen molar-refractivity contribution < 1.29 is 8.42 Å². The number of fused-ring (bicyclic) bond motifs is 1. The molecule has 19 heavy (non-hydrogen) atoms. The highest BCUT2D eigenvalue weighted by atomic mass is 32.2. The van der Waals surface area contributed by atoms with E-state index in [0.29, 0.717) is 10.8 Å². The number of anilines is 1. The maximum absolute atomic E-state index is 11.4. The van der Waals surface area contributed by atoms with Crippen molar-refractivity contribution in [2.24, 2.45) is 0 Å². The van der Waals surface area contributed by atoms with Crippen molar-refractivity contribution in [2.75, 3.05) is 12.0 Å². The van der Waals surface area contributed by atoms with Crippen LogP contribution in [-0.2, 0) is 9.84 Å². The van der Waals surface area contributed by atoms with E-state index in [1.165, 1.54) is 15.9 Å². The zero-order valence-corrected chi connectivity index (χ0v) is 11.2. The molecule has 11 heteroatoms. The number of nitrogens with zero attached hydrogens (tertiary/aromatic N) is 6. The van der Waals surface area contributed by atoms with E-state index in [-0.39, 0.29) is 16.9 Å². The topological polar surface area (TPSA) is 129 Å². The van der Waals surface area contributed by atoms with E-state index in [0.717, 1.165) is 6.26 Å². The van der Waals surface area contributed by atoms with Crippen LogP contribution in [0.2, 0.25) is 0 Å². The molecule has 2 N–H and O–H groups in total. The van der Waals surface area contributed by atoms with E-state index in [4.69, 9.17) is 5.73 Å². The number of thiazole rings is 1. The minimum absolute atomic E-state index is 0.0677. The van der Waals surface area contributed by atoms with E-state index in [2.05, 4.69) is 25.0 Å². The lowest BCUT2D eigenvalue weighted by atomic mass is 10.6. The SMILES string of the molecule is CS(=O)(=O)c1nc(N)n2nc(-c3nccs3)nc2n1. The molecule has 3 heterocycles. The Morgan fingerprint density at radius 2 is 2.11 bits per heavy atom. The molecule has 0 atom stereocenters. The lowest BCUT2D eigenvalue weighted by molar-refractivity contribution is 0.592. The second kappa shape index (κ2) is 3.93. The van der Waals surface area contributed by atoms with Crippen molar-refractivity contribution in [1.82, 2.24) is 29.5 Å². The predicted molar refractivity (Wildman–Crippen MR) is 67.2 cm³/mol. The second-order valence-corrected chi connectivity index (χ2v) is 6.43. The van der Waals surface area contributed by atoms with Crippen LogP contribution in [0.3, 0.4) is 0 Å². The lowest BCUT2D eigenvalue weighted by Gasteiger charge is -1.99. The Balaban J connectivity index is 2.26. The zero-order valence-electron chi connectivity index (χ0n) is 9.55. The van der Waals surface area contributed by atoms with E-state index in [1.807, 2.05) is 0 Å². The predicted octanol–water partition coefficient (Wildman–Crippen LogP) is -0.372. The first-order valence-electron chi connectivity index (χ1n) is 4.95. The van der Waals surface area contributed by atoms with Gasteiger partial charge in [0, 0.05) is 17.8 Å². The Morgan fingerprint density at radius 1 is 1.32 bits per heavy atom. The quantitative estimate of drug-likeness (QED) is 0.678. The molecular formula is C8H7N7O2S2. The van der Waals surface area contributed by atoms with Crippen LogP contribution in [0.25, 0.3) is 16.6 Å². The van der Waals surface area contributed by atoms with Gasteiger partial charge >= 0.3 is 0 Å². The summed E-state index contributed by atoms with van der Waals surface area (Å²) in [6.45, 7) is 0. The van der Waals surface area contributed by atoms with Gasteiger partial charge in [0.2, 0.25) is 21.6 Å². The summed E-state index contributed by atoms with van der Waals surface area (Å²) in [5.74, 6) is 0.292. The third-order valence-corrected chi connectivity index (χ3v) is 3.78. The summed E-state index contributed by atoms with van der Waals surface area (Å²) in [6.07, 6.45) is 2.61. The molecule has 0 saturated heterocycles. The molecule has 0 aliphatic rings. The molecule has 0 aromatic carbocycles. The summed E-state index contributed by atoms with van der Waals surface area (Å²) in [5.41, 5.74) is 5.65. The van der Waals surface area contributed by atoms with Crippen molar-refractivity contribution in [2.45, 2.75) is 5.16 Å². The van der Waals surface area contributed by atoms with Gasteiger partial charge in [-0.3, -0.25) is 0 Å². The molecule has 0 radical (unpaired) electrons. The van der Waals surface area contributed by atoms with Gasteiger partial charge < -0.3 is 5.73 Å². The molecule has 3 aromatic rings. The van der Waals surface area contributed by atoms with E-state index in [1.54, 1.807) is 11.6 Å². The summed E-state index contributed by atoms with van der Waals surface area (Å²) < 4.78 is 24.0. The van der Waals surface area contributed by atoms with Gasteiger partial charge in [-0.2, -0.15) is 19.5 Å². The number of nitrogens with two attached hydrogens (primary N) is 1. The van der Waals surface area contributed by atoms with Crippen LogP contribution in [0.5, 0.6) is 0 Å². The second-order valence-electron chi connectivity index (χ2n) is 3.62. The normalized spacial score (nSPS) is 12.1. The van der Waals surface area contributed by atoms with Gasteiger partial charge in [0.15, 0.2) is 5.01 Å². The minimum Gasteiger partial charge on any atom is -0.368 e. The third kappa shape index (κ3) is 2.02. The summed E-state index contributed by atoms with van der Waals surface area (Å²) in [5, 5.41) is 6.07. The Labute approximate surface area is 111 Å². The first-order chi connectivity index (χ1) is 8.95. The van der Waals surface area contributed by atoms with Gasteiger partial charge in [0.05, 0.1) is 0 Å². The summed E-state index contributed by atoms with van der Waals surface area (Å²) in [6, 6.07) is 0. The average Bonchev–Trinajstić information content (AvgIpc) is 2.95. The number of sulfone groups is 1. The van der Waals surface area contributed by atoms with E-state index < -0.39 is 9.84 Å². The minimum atomic E-state index is -3.56. The first-order valence-corrected chi connectivity index (χ1v) is 7.72. The average molecular weight is 297 g/mol. The monoisotopic (exact) mass is 297 g/mol. The maximum atomic E-state index is 11.4. The van der Waals surface area contributed by atoms with Gasteiger partial charge in [-0.25, -0.2) is 13.4 Å². The summed E-state index contributed by atoms with van der Waals surface area (Å²) in [4.78, 5) is 15.7. The molecule has 98 valence electrons. The molecule has 0 aliphatic heterocycles. The largest absolute Gasteiger partial charge is 0.368 e. The third-order valence-electron chi connectivity index (χ3n) is 2.17. The Bertz CT molecular complexity index is 853. The maximum Gasteiger partial charge on any atom is 0.258 e. The fraction of sp³-hybridized carbons (Fsp3) is 0.125. The van der Waals surface area contributed by atoms with Crippen LogP contribution in [-0.4, -0.2) is 44.2 Å². The van der Waals surface area contributed by atoms with Crippen molar-refractivity contribution in [3.05, 3.63) is 11.6 Å². The zero-order chi connectivity index (χ0) is 13.6. The van der Waals surface area contributed by atoms with Crippen LogP contribution in [0.4, 0.5) is 5.95 Å². The summed E-state index contributed by atoms with van der Waals surface area (Å²) in [7, 11) is -3.56. The van der Waals surface area contributed by atoms with E-state index in [9.17, 15) is 8.42 Å². The van der Waals surface area contributed by atoms with Crippen LogP contribution in [0.1, 0.15) is 0 Å². The molecule has 0 saturated carbocycles. The number of hydrogen-bond acceptors (Lipinski definition) is 9. The van der Waals surface area contributed by atoms with Gasteiger partial charge in [-0.15, -0.1) is 16.4 Å². The molecule has 3 aromatic heterocycles. The highest BCUT2D eigenvalue weighted by Crippen LogP contribution is 2.19. The molecular weight excluding hydrogens is 290 g/mol. The Hall–Kier alpha value is -2.14. The Morgan fingerprint density at radius 3 is 2.74 bits per heavy atom. The number of nitrogen functional groups attached to an aromatic ring is 1. The van der Waals surface area contributed by atoms with E-state index >= 15 is 0 Å². The van der Waals surface area contributed by atoms with Crippen molar-refractivity contribution >= 4 is 32.9 Å². The molecule has 0 bridgehead atoms. The number of aromatic nitrogens is 6. The fourth-order valence-electron chi connectivity index (χ4n) is 1.38. The van der Waals surface area contributed by atoms with Crippen molar-refractivity contribution in [3.63, 3.8) is 0 Å². The van der Waals surface area contributed by atoms with Gasteiger partial charge in [-0.05, 0) is 0 Å². The molecule has 0 aliphatic carbocycles. The molecule has 0 unspecified atom stereocenters. The lowest BCUT2D eigenvalue weighted by Crippen LogP contribution is -2.11. The number of hydrogen-bond donors (Lipinski definition) is 1. The van der Waals surface area contributed by atoms with Gasteiger partial charge in [-0.1, -0.05) is 0 Å². The van der Waals surface area contributed by atoms with Crippen molar-refractivity contribution in [3.8, 4) is 10.8 Å². The van der Waals surface area contributed by atoms with Crippen LogP contribution >= 0.6 is 11.3 Å². The van der Waals surface area contributed by atoms with Gasteiger partial charge in [0.25, 0.3) is 10.9 Å².